The second-order valence-electron chi connectivity index (χ2n) is 6.59. The van der Waals surface area contributed by atoms with E-state index in [0.29, 0.717) is 5.69 Å². The van der Waals surface area contributed by atoms with Crippen molar-refractivity contribution in [2.75, 3.05) is 5.32 Å². The van der Waals surface area contributed by atoms with E-state index in [1.54, 1.807) is 12.1 Å². The lowest BCUT2D eigenvalue weighted by atomic mass is 9.87. The van der Waals surface area contributed by atoms with Crippen LogP contribution < -0.4 is 10.5 Å². The molecule has 1 amide bonds. The van der Waals surface area contributed by atoms with Crippen LogP contribution in [0.1, 0.15) is 36.7 Å². The van der Waals surface area contributed by atoms with E-state index in [1.165, 1.54) is 0 Å². The zero-order valence-corrected chi connectivity index (χ0v) is 15.5. The molecule has 0 atom stereocenters. The Bertz CT molecular complexity index is 920. The van der Waals surface area contributed by atoms with Gasteiger partial charge in [-0.15, -0.1) is 0 Å². The molecule has 2 aromatic carbocycles. The molecule has 0 aliphatic rings. The summed E-state index contributed by atoms with van der Waals surface area (Å²) in [6, 6.07) is 8.65. The zero-order valence-electron chi connectivity index (χ0n) is 13.9. The van der Waals surface area contributed by atoms with E-state index < -0.39 is 32.2 Å². The van der Waals surface area contributed by atoms with Crippen molar-refractivity contribution in [3.8, 4) is 0 Å². The second-order valence-corrected chi connectivity index (χ2v) is 8.53. The fraction of sp³-hybridized carbons (Fsp3) is 0.235. The highest BCUT2D eigenvalue weighted by molar-refractivity contribution is 7.89. The number of sulfonamides is 1. The number of nitrogens with two attached hydrogens (primary N) is 1. The Hall–Kier alpha value is -1.96. The van der Waals surface area contributed by atoms with Gasteiger partial charge in [0.2, 0.25) is 10.0 Å². The molecule has 0 spiro atoms. The van der Waals surface area contributed by atoms with Crippen molar-refractivity contribution in [3.05, 3.63) is 58.4 Å². The fourth-order valence-electron chi connectivity index (χ4n) is 2.17. The minimum absolute atomic E-state index is 0.0464. The van der Waals surface area contributed by atoms with Gasteiger partial charge < -0.3 is 5.32 Å². The predicted octanol–water partition coefficient (Wildman–Crippen LogP) is 3.68. The van der Waals surface area contributed by atoms with E-state index in [2.05, 4.69) is 26.1 Å². The van der Waals surface area contributed by atoms with Gasteiger partial charge >= 0.3 is 0 Å². The molecular weight excluding hydrogens is 367 g/mol. The quantitative estimate of drug-likeness (QED) is 0.845. The van der Waals surface area contributed by atoms with Crippen LogP contribution in [0, 0.1) is 5.82 Å². The first-order valence-corrected chi connectivity index (χ1v) is 9.26. The molecule has 0 aromatic heterocycles. The summed E-state index contributed by atoms with van der Waals surface area (Å²) < 4.78 is 36.9. The van der Waals surface area contributed by atoms with Crippen LogP contribution >= 0.6 is 11.6 Å². The van der Waals surface area contributed by atoms with Crippen molar-refractivity contribution in [2.24, 2.45) is 5.14 Å². The average Bonchev–Trinajstić information content (AvgIpc) is 2.45. The number of primary sulfonamides is 1. The largest absolute Gasteiger partial charge is 0.322 e. The Kier molecular flexibility index (Phi) is 5.22. The molecule has 134 valence electrons. The lowest BCUT2D eigenvalue weighted by Gasteiger charge is -2.19. The summed E-state index contributed by atoms with van der Waals surface area (Å²) in [5.41, 5.74) is 1.01. The molecular formula is C17H18ClFN2O3S. The lowest BCUT2D eigenvalue weighted by Crippen LogP contribution is -2.18. The van der Waals surface area contributed by atoms with Gasteiger partial charge in [0.05, 0.1) is 10.6 Å². The van der Waals surface area contributed by atoms with E-state index in [4.69, 9.17) is 16.7 Å². The van der Waals surface area contributed by atoms with Gasteiger partial charge in [-0.2, -0.15) is 0 Å². The van der Waals surface area contributed by atoms with Crippen molar-refractivity contribution >= 4 is 33.2 Å². The molecule has 25 heavy (non-hydrogen) atoms. The van der Waals surface area contributed by atoms with E-state index in [-0.39, 0.29) is 10.4 Å². The number of hydrogen-bond acceptors (Lipinski definition) is 3. The molecule has 5 nitrogen and oxygen atoms in total. The maximum absolute atomic E-state index is 14.0. The molecule has 0 saturated heterocycles. The maximum atomic E-state index is 14.0. The Morgan fingerprint density at radius 1 is 1.16 bits per heavy atom. The smallest absolute Gasteiger partial charge is 0.258 e. The van der Waals surface area contributed by atoms with Crippen LogP contribution in [0.15, 0.2) is 41.3 Å². The summed E-state index contributed by atoms with van der Waals surface area (Å²) >= 11 is 5.68. The summed E-state index contributed by atoms with van der Waals surface area (Å²) in [6.45, 7) is 6.16. The van der Waals surface area contributed by atoms with E-state index in [0.717, 1.165) is 17.7 Å². The predicted molar refractivity (Wildman–Crippen MR) is 95.9 cm³/mol. The van der Waals surface area contributed by atoms with Crippen molar-refractivity contribution < 1.29 is 17.6 Å². The van der Waals surface area contributed by atoms with Gasteiger partial charge in [0.25, 0.3) is 5.91 Å². The lowest BCUT2D eigenvalue weighted by molar-refractivity contribution is 0.102. The minimum Gasteiger partial charge on any atom is -0.322 e. The monoisotopic (exact) mass is 384 g/mol. The summed E-state index contributed by atoms with van der Waals surface area (Å²) in [4.78, 5) is 11.8. The number of halogens is 2. The van der Waals surface area contributed by atoms with Crippen molar-refractivity contribution in [1.82, 2.24) is 0 Å². The second kappa shape index (κ2) is 6.74. The standard InChI is InChI=1S/C17H18ClFN2O3S/c1-17(2,3)10-4-6-11(7-5-10)21-16(22)12-8-15(25(20,23)24)13(18)9-14(12)19/h4-9H,1-3H3,(H,21,22)(H2,20,23,24). The number of hydrogen-bond donors (Lipinski definition) is 2. The van der Waals surface area contributed by atoms with Crippen LogP contribution in [0.5, 0.6) is 0 Å². The maximum Gasteiger partial charge on any atom is 0.258 e. The molecule has 0 unspecified atom stereocenters. The third kappa shape index (κ3) is 4.56. The molecule has 0 saturated carbocycles. The molecule has 3 N–H and O–H groups in total. The van der Waals surface area contributed by atoms with E-state index in [1.807, 2.05) is 12.1 Å². The molecule has 0 aliphatic heterocycles. The molecule has 2 rings (SSSR count). The summed E-state index contributed by atoms with van der Waals surface area (Å²) in [7, 11) is -4.18. The number of anilines is 1. The van der Waals surface area contributed by atoms with Crippen LogP contribution in [-0.4, -0.2) is 14.3 Å². The third-order valence-corrected chi connectivity index (χ3v) is 4.96. The van der Waals surface area contributed by atoms with Crippen molar-refractivity contribution in [2.45, 2.75) is 31.1 Å². The number of amides is 1. The molecule has 2 aromatic rings. The van der Waals surface area contributed by atoms with Gasteiger partial charge in [0.15, 0.2) is 0 Å². The van der Waals surface area contributed by atoms with Crippen LogP contribution in [0.2, 0.25) is 5.02 Å². The van der Waals surface area contributed by atoms with Crippen LogP contribution in [-0.2, 0) is 15.4 Å². The number of benzene rings is 2. The number of nitrogens with one attached hydrogen (secondary N) is 1. The Morgan fingerprint density at radius 2 is 1.72 bits per heavy atom. The van der Waals surface area contributed by atoms with Gasteiger partial charge in [0, 0.05) is 5.69 Å². The van der Waals surface area contributed by atoms with Gasteiger partial charge in [-0.3, -0.25) is 4.79 Å². The number of carbonyl (C=O) groups is 1. The highest BCUT2D eigenvalue weighted by Crippen LogP contribution is 2.26. The van der Waals surface area contributed by atoms with E-state index >= 15 is 0 Å². The molecule has 0 fully saturated rings. The van der Waals surface area contributed by atoms with Crippen LogP contribution in [0.25, 0.3) is 0 Å². The average molecular weight is 385 g/mol. The summed E-state index contributed by atoms with van der Waals surface area (Å²) in [5.74, 6) is -1.75. The first-order chi connectivity index (χ1) is 11.4. The van der Waals surface area contributed by atoms with Gasteiger partial charge in [-0.1, -0.05) is 44.5 Å². The highest BCUT2D eigenvalue weighted by Gasteiger charge is 2.21. The number of rotatable bonds is 3. The summed E-state index contributed by atoms with van der Waals surface area (Å²) in [6.07, 6.45) is 0. The first-order valence-electron chi connectivity index (χ1n) is 7.33. The molecule has 0 bridgehead atoms. The molecule has 8 heteroatoms. The van der Waals surface area contributed by atoms with Crippen molar-refractivity contribution in [1.29, 1.82) is 0 Å². The van der Waals surface area contributed by atoms with E-state index in [9.17, 15) is 17.6 Å². The minimum atomic E-state index is -4.18. The SMILES string of the molecule is CC(C)(C)c1ccc(NC(=O)c2cc(S(N)(=O)=O)c(Cl)cc2F)cc1. The normalized spacial score (nSPS) is 12.1. The Balaban J connectivity index is 2.33. The Morgan fingerprint density at radius 3 is 2.20 bits per heavy atom. The fourth-order valence-corrected chi connectivity index (χ4v) is 3.26. The molecule has 0 aliphatic carbocycles. The van der Waals surface area contributed by atoms with Gasteiger partial charge in [0.1, 0.15) is 10.7 Å². The molecule has 0 radical (unpaired) electrons. The van der Waals surface area contributed by atoms with Gasteiger partial charge in [-0.25, -0.2) is 17.9 Å². The highest BCUT2D eigenvalue weighted by atomic mass is 35.5. The topological polar surface area (TPSA) is 89.3 Å². The van der Waals surface area contributed by atoms with Gasteiger partial charge in [-0.05, 0) is 35.2 Å². The van der Waals surface area contributed by atoms with Crippen LogP contribution in [0.4, 0.5) is 10.1 Å². The summed E-state index contributed by atoms with van der Waals surface area (Å²) in [5, 5.41) is 7.16. The van der Waals surface area contributed by atoms with Crippen LogP contribution in [0.3, 0.4) is 0 Å². The van der Waals surface area contributed by atoms with Crippen molar-refractivity contribution in [3.63, 3.8) is 0 Å². The third-order valence-electron chi connectivity index (χ3n) is 3.58. The number of carbonyl (C=O) groups excluding carboxylic acids is 1. The Labute approximate surface area is 151 Å². The first kappa shape index (κ1) is 19.4. The zero-order chi connectivity index (χ0) is 19.0. The molecule has 0 heterocycles.